The topological polar surface area (TPSA) is 109 Å². The fourth-order valence-electron chi connectivity index (χ4n) is 5.78. The molecule has 1 N–H and O–H groups in total. The highest BCUT2D eigenvalue weighted by atomic mass is 32.2. The number of nitrogens with one attached hydrogen (secondary N) is 1. The van der Waals surface area contributed by atoms with E-state index in [0.717, 1.165) is 68.6 Å². The first-order chi connectivity index (χ1) is 17.3. The van der Waals surface area contributed by atoms with Crippen LogP contribution < -0.4 is 10.2 Å². The second-order valence-corrected chi connectivity index (χ2v) is 12.3. The lowest BCUT2D eigenvalue weighted by Crippen LogP contribution is -2.44. The van der Waals surface area contributed by atoms with E-state index in [1.54, 1.807) is 6.20 Å². The maximum atomic E-state index is 12.6. The van der Waals surface area contributed by atoms with E-state index in [1.165, 1.54) is 12.7 Å². The molecule has 10 nitrogen and oxygen atoms in total. The molecule has 2 aliphatic heterocycles. The maximum absolute atomic E-state index is 12.6. The molecule has 1 saturated carbocycles. The summed E-state index contributed by atoms with van der Waals surface area (Å²) in [6.07, 6.45) is 10.2. The van der Waals surface area contributed by atoms with Gasteiger partial charge in [0.25, 0.3) is 0 Å². The van der Waals surface area contributed by atoms with Crippen molar-refractivity contribution >= 4 is 43.4 Å². The molecule has 1 spiro atoms. The van der Waals surface area contributed by atoms with Crippen molar-refractivity contribution in [3.8, 4) is 0 Å². The molecule has 2 fully saturated rings. The summed E-state index contributed by atoms with van der Waals surface area (Å²) in [5, 5.41) is 4.20. The zero-order valence-corrected chi connectivity index (χ0v) is 21.6. The van der Waals surface area contributed by atoms with E-state index in [4.69, 9.17) is 4.98 Å². The molecule has 0 bridgehead atoms. The van der Waals surface area contributed by atoms with E-state index in [1.807, 2.05) is 18.3 Å². The van der Waals surface area contributed by atoms with Crippen LogP contribution in [0.25, 0.3) is 11.0 Å². The number of aromatic nitrogens is 4. The number of aliphatic imine (C=N–C) groups is 1. The molecule has 3 aliphatic rings. The molecule has 0 atom stereocenters. The van der Waals surface area contributed by atoms with Crippen LogP contribution >= 0.6 is 0 Å². The quantitative estimate of drug-likeness (QED) is 0.575. The van der Waals surface area contributed by atoms with Gasteiger partial charge in [0.05, 0.1) is 29.7 Å². The highest BCUT2D eigenvalue weighted by molar-refractivity contribution is 8.06. The number of pyridine rings is 1. The number of nitrogens with zero attached hydrogens (tertiary/aromatic N) is 7. The van der Waals surface area contributed by atoms with Crippen LogP contribution in [0.3, 0.4) is 0 Å². The minimum atomic E-state index is -3.47. The Morgan fingerprint density at radius 3 is 2.47 bits per heavy atom. The summed E-state index contributed by atoms with van der Waals surface area (Å²) < 4.78 is 27.3. The Labute approximate surface area is 211 Å². The number of hydrogen-bond acceptors (Lipinski definition) is 9. The van der Waals surface area contributed by atoms with Crippen molar-refractivity contribution < 1.29 is 8.42 Å². The lowest BCUT2D eigenvalue weighted by Gasteiger charge is -2.41. The molecule has 0 radical (unpaired) electrons. The SMILES string of the molecule is CN1CCN(c2ccc(Nc3ncc4cc5n(c4n3)C3(CCCCC3)CN=C5S(C)(=O)=O)nc2)CC1. The van der Waals surface area contributed by atoms with E-state index in [-0.39, 0.29) is 10.6 Å². The minimum absolute atomic E-state index is 0.146. The van der Waals surface area contributed by atoms with Crippen LogP contribution in [0, 0.1) is 0 Å². The van der Waals surface area contributed by atoms with Gasteiger partial charge in [-0.2, -0.15) is 4.98 Å². The van der Waals surface area contributed by atoms with Crippen LogP contribution in [-0.4, -0.2) is 83.9 Å². The van der Waals surface area contributed by atoms with E-state index in [0.29, 0.717) is 24.0 Å². The number of fused-ring (bicyclic) bond motifs is 4. The monoisotopic (exact) mass is 508 g/mol. The standard InChI is InChI=1S/C25H32N8O2S/c1-31-10-12-32(13-11-31)19-6-7-21(26-16-19)29-24-27-15-18-14-20-23(36(2,34)35)28-17-25(8-4-3-5-9-25)33(20)22(18)30-24/h6-7,14-16H,3-5,8-13,17H2,1-2H3,(H,26,27,29,30). The highest BCUT2D eigenvalue weighted by Crippen LogP contribution is 2.42. The summed E-state index contributed by atoms with van der Waals surface area (Å²) in [5.41, 5.74) is 2.24. The molecule has 6 rings (SSSR count). The van der Waals surface area contributed by atoms with E-state index >= 15 is 0 Å². The molecule has 1 aliphatic carbocycles. The number of hydrogen-bond donors (Lipinski definition) is 1. The van der Waals surface area contributed by atoms with E-state index < -0.39 is 9.84 Å². The van der Waals surface area contributed by atoms with Crippen LogP contribution in [-0.2, 0) is 15.4 Å². The zero-order valence-electron chi connectivity index (χ0n) is 20.8. The Kier molecular flexibility index (Phi) is 5.71. The predicted molar refractivity (Wildman–Crippen MR) is 142 cm³/mol. The largest absolute Gasteiger partial charge is 0.368 e. The number of likely N-dealkylation sites (N-methyl/N-ethyl adjacent to an activating group) is 1. The van der Waals surface area contributed by atoms with Gasteiger partial charge in [0.2, 0.25) is 5.95 Å². The molecule has 0 amide bonds. The second-order valence-electron chi connectivity index (χ2n) is 10.3. The predicted octanol–water partition coefficient (Wildman–Crippen LogP) is 2.79. The smallest absolute Gasteiger partial charge is 0.230 e. The van der Waals surface area contributed by atoms with Gasteiger partial charge in [-0.3, -0.25) is 4.99 Å². The lowest BCUT2D eigenvalue weighted by atomic mass is 9.80. The fraction of sp³-hybridized carbons (Fsp3) is 0.520. The summed E-state index contributed by atoms with van der Waals surface area (Å²) in [5.74, 6) is 1.11. The first-order valence-corrected chi connectivity index (χ1v) is 14.5. The maximum Gasteiger partial charge on any atom is 0.230 e. The van der Waals surface area contributed by atoms with Gasteiger partial charge in [-0.25, -0.2) is 18.4 Å². The molecule has 190 valence electrons. The van der Waals surface area contributed by atoms with Crippen LogP contribution in [0.2, 0.25) is 0 Å². The molecule has 5 heterocycles. The van der Waals surface area contributed by atoms with Gasteiger partial charge in [-0.1, -0.05) is 19.3 Å². The minimum Gasteiger partial charge on any atom is -0.368 e. The Morgan fingerprint density at radius 1 is 1.00 bits per heavy atom. The van der Waals surface area contributed by atoms with Crippen molar-refractivity contribution in [1.82, 2.24) is 24.4 Å². The van der Waals surface area contributed by atoms with Crippen molar-refractivity contribution in [2.24, 2.45) is 4.99 Å². The third-order valence-corrected chi connectivity index (χ3v) is 8.78. The number of sulfone groups is 1. The summed E-state index contributed by atoms with van der Waals surface area (Å²) in [4.78, 5) is 23.2. The number of piperazine rings is 1. The molecule has 36 heavy (non-hydrogen) atoms. The van der Waals surface area contributed by atoms with Crippen LogP contribution in [0.5, 0.6) is 0 Å². The van der Waals surface area contributed by atoms with Crippen LogP contribution in [0.1, 0.15) is 37.8 Å². The highest BCUT2D eigenvalue weighted by Gasteiger charge is 2.42. The van der Waals surface area contributed by atoms with Crippen LogP contribution in [0.4, 0.5) is 17.5 Å². The Balaban J connectivity index is 1.33. The molecule has 0 unspecified atom stereocenters. The summed E-state index contributed by atoms with van der Waals surface area (Å²) in [6.45, 7) is 4.54. The number of anilines is 3. The lowest BCUT2D eigenvalue weighted by molar-refractivity contribution is 0.204. The summed E-state index contributed by atoms with van der Waals surface area (Å²) >= 11 is 0. The Hall–Kier alpha value is -3.05. The van der Waals surface area contributed by atoms with Crippen molar-refractivity contribution in [3.63, 3.8) is 0 Å². The Bertz CT molecular complexity index is 1420. The third-order valence-electron chi connectivity index (χ3n) is 7.74. The first-order valence-electron chi connectivity index (χ1n) is 12.6. The third kappa shape index (κ3) is 4.13. The molecular weight excluding hydrogens is 476 g/mol. The van der Waals surface area contributed by atoms with Gasteiger partial charge in [0, 0.05) is 44.0 Å². The average molecular weight is 509 g/mol. The average Bonchev–Trinajstić information content (AvgIpc) is 3.25. The van der Waals surface area contributed by atoms with Gasteiger partial charge in [0.15, 0.2) is 14.9 Å². The van der Waals surface area contributed by atoms with Gasteiger partial charge in [-0.15, -0.1) is 0 Å². The first kappa shape index (κ1) is 23.4. The second kappa shape index (κ2) is 8.81. The normalized spacial score (nSPS) is 20.4. The van der Waals surface area contributed by atoms with Gasteiger partial charge in [-0.05, 0) is 38.1 Å². The van der Waals surface area contributed by atoms with Gasteiger partial charge in [0.1, 0.15) is 11.5 Å². The Morgan fingerprint density at radius 2 is 1.78 bits per heavy atom. The van der Waals surface area contributed by atoms with Crippen molar-refractivity contribution in [1.29, 1.82) is 0 Å². The molecule has 11 heteroatoms. The zero-order chi connectivity index (χ0) is 24.9. The molecule has 0 aromatic carbocycles. The van der Waals surface area contributed by atoms with E-state index in [2.05, 4.69) is 47.8 Å². The molecule has 1 saturated heterocycles. The van der Waals surface area contributed by atoms with Gasteiger partial charge >= 0.3 is 0 Å². The molecule has 3 aromatic heterocycles. The van der Waals surface area contributed by atoms with Crippen molar-refractivity contribution in [2.45, 2.75) is 37.6 Å². The fourth-order valence-corrected chi connectivity index (χ4v) is 6.61. The van der Waals surface area contributed by atoms with Crippen LogP contribution in [0.15, 0.2) is 35.6 Å². The summed E-state index contributed by atoms with van der Waals surface area (Å²) in [7, 11) is -1.32. The number of rotatable bonds is 3. The van der Waals surface area contributed by atoms with Crippen molar-refractivity contribution in [3.05, 3.63) is 36.3 Å². The van der Waals surface area contributed by atoms with Gasteiger partial charge < -0.3 is 19.7 Å². The van der Waals surface area contributed by atoms with Crippen molar-refractivity contribution in [2.75, 3.05) is 56.2 Å². The molecular formula is C25H32N8O2S. The van der Waals surface area contributed by atoms with E-state index in [9.17, 15) is 8.42 Å². The molecule has 3 aromatic rings. The summed E-state index contributed by atoms with van der Waals surface area (Å²) in [6, 6.07) is 5.90.